The van der Waals surface area contributed by atoms with Crippen molar-refractivity contribution in [2.24, 2.45) is 50.2 Å². The number of allylic oxidation sites excluding steroid dienone is 4. The molecule has 3 saturated carbocycles. The van der Waals surface area contributed by atoms with Gasteiger partial charge in [-0.3, -0.25) is 9.59 Å². The Bertz CT molecular complexity index is 1270. The summed E-state index contributed by atoms with van der Waals surface area (Å²) >= 11 is 0. The summed E-state index contributed by atoms with van der Waals surface area (Å²) in [5, 5.41) is 12.7. The topological polar surface area (TPSA) is 96.3 Å². The van der Waals surface area contributed by atoms with E-state index in [2.05, 4.69) is 46.0 Å². The predicted molar refractivity (Wildman–Crippen MR) is 159 cm³/mol. The third-order valence-corrected chi connectivity index (χ3v) is 13.2. The van der Waals surface area contributed by atoms with Crippen molar-refractivity contribution in [1.82, 2.24) is 5.32 Å². The number of hydrogen-bond acceptors (Lipinski definition) is 5. The van der Waals surface area contributed by atoms with Gasteiger partial charge in [-0.05, 0) is 97.9 Å². The van der Waals surface area contributed by atoms with E-state index >= 15 is 0 Å². The van der Waals surface area contributed by atoms with Gasteiger partial charge in [0.05, 0.1) is 12.2 Å². The van der Waals surface area contributed by atoms with E-state index in [4.69, 9.17) is 4.74 Å². The number of alkyl carbamates (subject to hydrolysis) is 1. The second kappa shape index (κ2) is 9.55. The number of ketones is 2. The number of fused-ring (bicyclic) bond motifs is 7. The first-order valence-electron chi connectivity index (χ1n) is 15.9. The lowest BCUT2D eigenvalue weighted by Crippen LogP contribution is -2.64. The van der Waals surface area contributed by atoms with Crippen LogP contribution in [-0.2, 0) is 14.3 Å². The third-order valence-electron chi connectivity index (χ3n) is 13.2. The van der Waals surface area contributed by atoms with E-state index in [1.807, 2.05) is 32.9 Å². The normalized spacial score (nSPS) is 42.3. The van der Waals surface area contributed by atoms with E-state index in [9.17, 15) is 19.6 Å². The fourth-order valence-corrected chi connectivity index (χ4v) is 10.7. The first kappa shape index (κ1) is 30.1. The van der Waals surface area contributed by atoms with Crippen LogP contribution in [-0.4, -0.2) is 30.8 Å². The van der Waals surface area contributed by atoms with Crippen molar-refractivity contribution in [2.45, 2.75) is 107 Å². The summed E-state index contributed by atoms with van der Waals surface area (Å²) in [6.45, 7) is 18.4. The van der Waals surface area contributed by atoms with Gasteiger partial charge in [-0.1, -0.05) is 60.1 Å². The lowest BCUT2D eigenvalue weighted by Gasteiger charge is -2.69. The van der Waals surface area contributed by atoms with E-state index in [-0.39, 0.29) is 62.6 Å². The van der Waals surface area contributed by atoms with Crippen LogP contribution in [0, 0.1) is 61.6 Å². The van der Waals surface area contributed by atoms with Crippen LogP contribution in [0.25, 0.3) is 0 Å². The molecule has 1 amide bonds. The van der Waals surface area contributed by atoms with Crippen LogP contribution in [0.15, 0.2) is 23.3 Å². The van der Waals surface area contributed by atoms with Crippen LogP contribution in [0.2, 0.25) is 0 Å². The lowest BCUT2D eigenvalue weighted by molar-refractivity contribution is -0.173. The van der Waals surface area contributed by atoms with Gasteiger partial charge >= 0.3 is 6.09 Å². The summed E-state index contributed by atoms with van der Waals surface area (Å²) in [4.78, 5) is 39.9. The minimum absolute atomic E-state index is 0.0161. The summed E-state index contributed by atoms with van der Waals surface area (Å²) in [6.07, 6.45) is 11.3. The molecule has 0 aliphatic heterocycles. The molecular weight excluding hydrogens is 512 g/mol. The average Bonchev–Trinajstić information content (AvgIpc) is 2.88. The highest BCUT2D eigenvalue weighted by molar-refractivity contribution is 6.04. The Balaban J connectivity index is 1.58. The van der Waals surface area contributed by atoms with E-state index in [1.165, 1.54) is 0 Å². The van der Waals surface area contributed by atoms with Crippen LogP contribution < -0.4 is 5.32 Å². The maximum Gasteiger partial charge on any atom is 0.407 e. The Labute approximate surface area is 246 Å². The number of Topliss-reactive ketones (excluding diaryl/α,β-unsaturated/α-hetero) is 1. The van der Waals surface area contributed by atoms with Gasteiger partial charge in [0.1, 0.15) is 6.07 Å². The van der Waals surface area contributed by atoms with Gasteiger partial charge in [0.15, 0.2) is 11.6 Å². The predicted octanol–water partition coefficient (Wildman–Crippen LogP) is 7.34. The Morgan fingerprint density at radius 1 is 1.05 bits per heavy atom. The maximum absolute atomic E-state index is 14.6. The number of ether oxygens (including phenoxy) is 1. The van der Waals surface area contributed by atoms with E-state index in [0.29, 0.717) is 13.2 Å². The zero-order valence-electron chi connectivity index (χ0n) is 26.5. The highest BCUT2D eigenvalue weighted by Gasteiger charge is 2.69. The van der Waals surface area contributed by atoms with Crippen molar-refractivity contribution in [2.75, 3.05) is 13.2 Å². The lowest BCUT2D eigenvalue weighted by atomic mass is 9.34. The Morgan fingerprint density at radius 3 is 2.39 bits per heavy atom. The van der Waals surface area contributed by atoms with Crippen LogP contribution in [0.1, 0.15) is 107 Å². The molecule has 0 heterocycles. The fourth-order valence-electron chi connectivity index (χ4n) is 10.7. The van der Waals surface area contributed by atoms with Gasteiger partial charge < -0.3 is 10.1 Å². The van der Waals surface area contributed by atoms with Crippen molar-refractivity contribution in [3.63, 3.8) is 0 Å². The number of nitrogens with zero attached hydrogens (tertiary/aromatic N) is 1. The van der Waals surface area contributed by atoms with Gasteiger partial charge in [-0.2, -0.15) is 5.26 Å². The first-order chi connectivity index (χ1) is 19.0. The van der Waals surface area contributed by atoms with Gasteiger partial charge in [-0.25, -0.2) is 4.79 Å². The molecule has 0 saturated heterocycles. The second-order valence-electron chi connectivity index (χ2n) is 16.0. The average molecular weight is 563 g/mol. The highest BCUT2D eigenvalue weighted by atomic mass is 16.5. The zero-order chi connectivity index (χ0) is 30.2. The van der Waals surface area contributed by atoms with Gasteiger partial charge in [0.25, 0.3) is 0 Å². The first-order valence-corrected chi connectivity index (χ1v) is 15.9. The van der Waals surface area contributed by atoms with Crippen LogP contribution >= 0.6 is 0 Å². The molecule has 5 aliphatic rings. The van der Waals surface area contributed by atoms with E-state index in [0.717, 1.165) is 56.9 Å². The molecule has 7 atom stereocenters. The number of nitrogens with one attached hydrogen (secondary N) is 1. The Morgan fingerprint density at radius 2 is 1.73 bits per heavy atom. The summed E-state index contributed by atoms with van der Waals surface area (Å²) in [5.41, 5.74) is -0.0942. The number of rotatable bonds is 4. The molecule has 224 valence electrons. The number of carbonyl (C=O) groups is 3. The minimum atomic E-state index is -0.656. The monoisotopic (exact) mass is 562 g/mol. The largest absolute Gasteiger partial charge is 0.450 e. The van der Waals surface area contributed by atoms with Gasteiger partial charge in [-0.15, -0.1) is 0 Å². The summed E-state index contributed by atoms with van der Waals surface area (Å²) in [7, 11) is 0. The Kier molecular flexibility index (Phi) is 7.00. The summed E-state index contributed by atoms with van der Waals surface area (Å²) < 4.78 is 5.59. The van der Waals surface area contributed by atoms with E-state index < -0.39 is 10.8 Å². The maximum atomic E-state index is 14.6. The van der Waals surface area contributed by atoms with Gasteiger partial charge in [0.2, 0.25) is 0 Å². The number of hydrogen-bond donors (Lipinski definition) is 1. The van der Waals surface area contributed by atoms with Crippen molar-refractivity contribution in [3.8, 4) is 6.07 Å². The van der Waals surface area contributed by atoms with Crippen molar-refractivity contribution in [3.05, 3.63) is 23.3 Å². The molecule has 3 fully saturated rings. The second-order valence-corrected chi connectivity index (χ2v) is 16.0. The van der Waals surface area contributed by atoms with Crippen LogP contribution in [0.4, 0.5) is 4.79 Å². The SMILES string of the molecule is CCNC(=O)OCC[C@]12CCC(C)(C)CC1C1C(=O)C=C3[C@@]4(C)C=C(C#N)C(=O)C(C)(C)C4CC[C@@]3(C)[C@]1(C)CC2. The quantitative estimate of drug-likeness (QED) is 0.387. The summed E-state index contributed by atoms with van der Waals surface area (Å²) in [5.74, 6) is 0.339. The van der Waals surface area contributed by atoms with E-state index in [1.54, 1.807) is 0 Å². The van der Waals surface area contributed by atoms with Crippen molar-refractivity contribution >= 4 is 17.7 Å². The number of carbonyl (C=O) groups excluding carboxylic acids is 3. The number of nitriles is 1. The van der Waals surface area contributed by atoms with Gasteiger partial charge in [0, 0.05) is 23.3 Å². The van der Waals surface area contributed by atoms with Crippen molar-refractivity contribution < 1.29 is 19.1 Å². The van der Waals surface area contributed by atoms with Crippen LogP contribution in [0.5, 0.6) is 0 Å². The summed E-state index contributed by atoms with van der Waals surface area (Å²) in [6, 6.07) is 2.20. The molecule has 5 rings (SSSR count). The molecule has 3 unspecified atom stereocenters. The minimum Gasteiger partial charge on any atom is -0.450 e. The molecule has 0 bridgehead atoms. The highest BCUT2D eigenvalue weighted by Crippen LogP contribution is 2.74. The molecule has 0 radical (unpaired) electrons. The van der Waals surface area contributed by atoms with Crippen molar-refractivity contribution in [1.29, 1.82) is 5.26 Å². The molecule has 41 heavy (non-hydrogen) atoms. The molecule has 6 nitrogen and oxygen atoms in total. The molecule has 0 spiro atoms. The molecular formula is C35H50N2O4. The molecule has 0 aromatic carbocycles. The zero-order valence-corrected chi connectivity index (χ0v) is 26.5. The molecule has 0 aromatic rings. The Hall–Kier alpha value is -2.42. The molecule has 1 N–H and O–H groups in total. The smallest absolute Gasteiger partial charge is 0.407 e. The third kappa shape index (κ3) is 4.19. The fraction of sp³-hybridized carbons (Fsp3) is 0.771. The molecule has 5 aliphatic carbocycles. The molecule has 6 heteroatoms. The van der Waals surface area contributed by atoms with Crippen LogP contribution in [0.3, 0.4) is 0 Å². The standard InChI is InChI=1S/C35H50N2O4/c1-9-37-29(40)41-17-16-35-14-12-30(2,3)20-23(35)27-24(38)18-26-32(6)19-22(21-36)28(39)31(4,5)25(32)10-11-33(26,7)34(27,8)13-15-35/h18-19,23,25,27H,9-17,20H2,1-8H3,(H,37,40)/t23?,25?,27?,32-,33+,34+,35+/m0/s1. The number of amides is 1. The molecule has 0 aromatic heterocycles.